The highest BCUT2D eigenvalue weighted by Crippen LogP contribution is 2.30. The van der Waals surface area contributed by atoms with Gasteiger partial charge in [-0.2, -0.15) is 13.2 Å². The predicted octanol–water partition coefficient (Wildman–Crippen LogP) is 1.63. The lowest BCUT2D eigenvalue weighted by atomic mass is 10.0. The van der Waals surface area contributed by atoms with Crippen LogP contribution in [-0.2, 0) is 9.59 Å². The summed E-state index contributed by atoms with van der Waals surface area (Å²) in [5.74, 6) is -2.60. The van der Waals surface area contributed by atoms with Crippen LogP contribution in [0.3, 0.4) is 0 Å². The lowest BCUT2D eigenvalue weighted by Gasteiger charge is -2.30. The van der Waals surface area contributed by atoms with E-state index < -0.39 is 30.1 Å². The van der Waals surface area contributed by atoms with Gasteiger partial charge in [-0.25, -0.2) is 4.79 Å². The minimum Gasteiger partial charge on any atom is -0.480 e. The number of hydrogen-bond acceptors (Lipinski definition) is 3. The molecule has 0 aromatic rings. The van der Waals surface area contributed by atoms with Crippen LogP contribution in [0, 0.1) is 0 Å². The Balaban J connectivity index is 4.79. The van der Waals surface area contributed by atoms with Crippen molar-refractivity contribution in [2.75, 3.05) is 19.6 Å². The van der Waals surface area contributed by atoms with Gasteiger partial charge in [0.1, 0.15) is 0 Å². The molecule has 1 unspecified atom stereocenters. The van der Waals surface area contributed by atoms with Crippen LogP contribution in [0.2, 0.25) is 0 Å². The van der Waals surface area contributed by atoms with Gasteiger partial charge in [-0.1, -0.05) is 13.8 Å². The average molecular weight is 298 g/mol. The van der Waals surface area contributed by atoms with Gasteiger partial charge in [-0.05, 0) is 19.8 Å². The van der Waals surface area contributed by atoms with Crippen molar-refractivity contribution in [3.63, 3.8) is 0 Å². The first-order valence-corrected chi connectivity index (χ1v) is 6.43. The zero-order valence-electron chi connectivity index (χ0n) is 11.9. The fourth-order valence-electron chi connectivity index (χ4n) is 1.56. The molecule has 0 aliphatic carbocycles. The van der Waals surface area contributed by atoms with Crippen LogP contribution < -0.4 is 5.32 Å². The van der Waals surface area contributed by atoms with Crippen molar-refractivity contribution in [3.8, 4) is 0 Å². The maximum absolute atomic E-state index is 12.7. The molecule has 0 aromatic carbocycles. The second-order valence-electron chi connectivity index (χ2n) is 4.66. The molecule has 0 heterocycles. The summed E-state index contributed by atoms with van der Waals surface area (Å²) in [5.41, 5.74) is -3.13. The smallest absolute Gasteiger partial charge is 0.417 e. The fourth-order valence-corrected chi connectivity index (χ4v) is 1.56. The highest BCUT2D eigenvalue weighted by molar-refractivity contribution is 5.82. The number of nitrogens with one attached hydrogen (secondary N) is 1. The molecular weight excluding hydrogens is 277 g/mol. The van der Waals surface area contributed by atoms with E-state index >= 15 is 0 Å². The number of carboxylic acids is 1. The van der Waals surface area contributed by atoms with E-state index in [0.29, 0.717) is 32.9 Å². The van der Waals surface area contributed by atoms with E-state index in [1.807, 2.05) is 19.2 Å². The molecule has 8 heteroatoms. The topological polar surface area (TPSA) is 69.6 Å². The first-order chi connectivity index (χ1) is 9.10. The normalized spacial score (nSPS) is 14.7. The molecule has 118 valence electrons. The number of alkyl halides is 3. The molecule has 0 rings (SSSR count). The Morgan fingerprint density at radius 2 is 1.60 bits per heavy atom. The molecule has 0 aliphatic heterocycles. The van der Waals surface area contributed by atoms with Crippen LogP contribution in [0.5, 0.6) is 0 Å². The standard InChI is InChI=1S/C12H21F3N2O3/c1-4-6-17(7-5-2)9(18)8-16-11(3,10(19)20)12(13,14)15/h16H,4-8H2,1-3H3,(H,19,20). The Morgan fingerprint density at radius 3 is 1.90 bits per heavy atom. The van der Waals surface area contributed by atoms with E-state index in [9.17, 15) is 22.8 Å². The summed E-state index contributed by atoms with van der Waals surface area (Å²) in [6.45, 7) is 4.41. The highest BCUT2D eigenvalue weighted by Gasteiger charge is 2.57. The number of amides is 1. The van der Waals surface area contributed by atoms with Crippen molar-refractivity contribution in [2.45, 2.75) is 45.3 Å². The van der Waals surface area contributed by atoms with Crippen LogP contribution in [0.4, 0.5) is 13.2 Å². The van der Waals surface area contributed by atoms with Gasteiger partial charge in [-0.15, -0.1) is 0 Å². The summed E-state index contributed by atoms with van der Waals surface area (Å²) in [7, 11) is 0. The van der Waals surface area contributed by atoms with Gasteiger partial charge in [0, 0.05) is 13.1 Å². The third kappa shape index (κ3) is 4.66. The molecular formula is C12H21F3N2O3. The lowest BCUT2D eigenvalue weighted by Crippen LogP contribution is -2.62. The third-order valence-electron chi connectivity index (χ3n) is 2.93. The number of nitrogens with zero attached hydrogens (tertiary/aromatic N) is 1. The van der Waals surface area contributed by atoms with Gasteiger partial charge in [0.25, 0.3) is 0 Å². The van der Waals surface area contributed by atoms with E-state index in [1.54, 1.807) is 0 Å². The monoisotopic (exact) mass is 298 g/mol. The van der Waals surface area contributed by atoms with Crippen molar-refractivity contribution in [1.29, 1.82) is 0 Å². The number of rotatable bonds is 8. The Kier molecular flexibility index (Phi) is 6.98. The quantitative estimate of drug-likeness (QED) is 0.714. The van der Waals surface area contributed by atoms with Crippen molar-refractivity contribution in [1.82, 2.24) is 10.2 Å². The third-order valence-corrected chi connectivity index (χ3v) is 2.93. The summed E-state index contributed by atoms with van der Waals surface area (Å²) in [5, 5.41) is 10.5. The van der Waals surface area contributed by atoms with Crippen molar-refractivity contribution in [3.05, 3.63) is 0 Å². The molecule has 1 amide bonds. The van der Waals surface area contributed by atoms with Crippen molar-refractivity contribution in [2.24, 2.45) is 0 Å². The van der Waals surface area contributed by atoms with Crippen LogP contribution in [0.15, 0.2) is 0 Å². The van der Waals surface area contributed by atoms with Gasteiger partial charge >= 0.3 is 12.1 Å². The van der Waals surface area contributed by atoms with Gasteiger partial charge in [0.05, 0.1) is 6.54 Å². The lowest BCUT2D eigenvalue weighted by molar-refractivity contribution is -0.205. The molecule has 0 saturated carbocycles. The van der Waals surface area contributed by atoms with Crippen molar-refractivity contribution < 1.29 is 27.9 Å². The minimum absolute atomic E-state index is 0.435. The minimum atomic E-state index is -4.99. The summed E-state index contributed by atoms with van der Waals surface area (Å²) in [4.78, 5) is 24.0. The molecule has 0 bridgehead atoms. The van der Waals surface area contributed by atoms with Crippen LogP contribution in [0.1, 0.15) is 33.6 Å². The van der Waals surface area contributed by atoms with Gasteiger partial charge in [0.15, 0.2) is 0 Å². The van der Waals surface area contributed by atoms with Gasteiger partial charge < -0.3 is 10.0 Å². The zero-order valence-corrected chi connectivity index (χ0v) is 11.9. The zero-order chi connectivity index (χ0) is 16.0. The molecule has 0 fully saturated rings. The highest BCUT2D eigenvalue weighted by atomic mass is 19.4. The summed E-state index contributed by atoms with van der Waals surface area (Å²) >= 11 is 0. The second kappa shape index (κ2) is 7.47. The largest absolute Gasteiger partial charge is 0.480 e. The fraction of sp³-hybridized carbons (Fsp3) is 0.833. The summed E-state index contributed by atoms with van der Waals surface area (Å²) in [6.07, 6.45) is -3.62. The van der Waals surface area contributed by atoms with Gasteiger partial charge in [0.2, 0.25) is 11.4 Å². The van der Waals surface area contributed by atoms with E-state index in [0.717, 1.165) is 0 Å². The number of halogens is 3. The first kappa shape index (κ1) is 18.7. The predicted molar refractivity (Wildman–Crippen MR) is 67.3 cm³/mol. The number of hydrogen-bond donors (Lipinski definition) is 2. The molecule has 1 atom stereocenters. The maximum Gasteiger partial charge on any atom is 0.417 e. The van der Waals surface area contributed by atoms with E-state index in [1.165, 1.54) is 4.90 Å². The molecule has 0 aliphatic rings. The summed E-state index contributed by atoms with van der Waals surface area (Å²) in [6, 6.07) is 0. The Labute approximate surface area is 116 Å². The molecule has 0 aromatic heterocycles. The van der Waals surface area contributed by atoms with Crippen LogP contribution >= 0.6 is 0 Å². The summed E-state index contributed by atoms with van der Waals surface area (Å²) < 4.78 is 38.2. The Morgan fingerprint density at radius 1 is 1.15 bits per heavy atom. The molecule has 0 radical (unpaired) electrons. The van der Waals surface area contributed by atoms with Crippen molar-refractivity contribution >= 4 is 11.9 Å². The van der Waals surface area contributed by atoms with E-state index in [2.05, 4.69) is 0 Å². The molecule has 0 saturated heterocycles. The van der Waals surface area contributed by atoms with Gasteiger partial charge in [-0.3, -0.25) is 10.1 Å². The van der Waals surface area contributed by atoms with E-state index in [-0.39, 0.29) is 0 Å². The number of carbonyl (C=O) groups is 2. The molecule has 0 spiro atoms. The SMILES string of the molecule is CCCN(CCC)C(=O)CNC(C)(C(=O)O)C(F)(F)F. The molecule has 20 heavy (non-hydrogen) atoms. The first-order valence-electron chi connectivity index (χ1n) is 6.43. The van der Waals surface area contributed by atoms with E-state index in [4.69, 9.17) is 5.11 Å². The molecule has 5 nitrogen and oxygen atoms in total. The number of aliphatic carboxylic acids is 1. The Hall–Kier alpha value is -1.31. The second-order valence-corrected chi connectivity index (χ2v) is 4.66. The number of carboxylic acid groups (broad SMARTS) is 1. The Bertz CT molecular complexity index is 341. The molecule has 2 N–H and O–H groups in total. The maximum atomic E-state index is 12.7. The number of carbonyl (C=O) groups excluding carboxylic acids is 1. The average Bonchev–Trinajstić information content (AvgIpc) is 2.33. The van der Waals surface area contributed by atoms with Crippen LogP contribution in [-0.4, -0.2) is 53.2 Å². The van der Waals surface area contributed by atoms with Crippen LogP contribution in [0.25, 0.3) is 0 Å².